The van der Waals surface area contributed by atoms with Crippen molar-refractivity contribution in [3.05, 3.63) is 53.9 Å². The van der Waals surface area contributed by atoms with E-state index in [0.29, 0.717) is 18.7 Å². The van der Waals surface area contributed by atoms with Crippen LogP contribution in [-0.2, 0) is 16.6 Å². The number of likely N-dealkylation sites (N-methyl/N-ethyl adjacent to an activating group) is 1. The molecular weight excluding hydrogens is 454 g/mol. The highest BCUT2D eigenvalue weighted by atomic mass is 32.2. The number of hydrogen-bond acceptors (Lipinski definition) is 7. The summed E-state index contributed by atoms with van der Waals surface area (Å²) in [6, 6.07) is 8.01. The number of nitrogens with zero attached hydrogens (tertiary/aromatic N) is 3. The number of benzene rings is 1. The molecule has 184 valence electrons. The lowest BCUT2D eigenvalue weighted by Crippen LogP contribution is -2.49. The van der Waals surface area contributed by atoms with Crippen LogP contribution in [0.2, 0.25) is 0 Å². The minimum atomic E-state index is -3.91. The first-order valence-corrected chi connectivity index (χ1v) is 12.8. The van der Waals surface area contributed by atoms with Crippen LogP contribution in [0.25, 0.3) is 0 Å². The molecule has 2 aromatic rings. The predicted octanol–water partition coefficient (Wildman–Crippen LogP) is 1.71. The molecule has 8 nitrogen and oxygen atoms in total. The fourth-order valence-corrected chi connectivity index (χ4v) is 5.71. The third-order valence-corrected chi connectivity index (χ3v) is 7.78. The predicted molar refractivity (Wildman–Crippen MR) is 130 cm³/mol. The number of fused-ring (bicyclic) bond motifs is 1. The lowest BCUT2D eigenvalue weighted by atomic mass is 10.0. The van der Waals surface area contributed by atoms with Gasteiger partial charge < -0.3 is 14.9 Å². The van der Waals surface area contributed by atoms with Crippen molar-refractivity contribution in [2.24, 2.45) is 5.92 Å². The van der Waals surface area contributed by atoms with Crippen LogP contribution in [0.1, 0.15) is 31.9 Å². The lowest BCUT2D eigenvalue weighted by Gasteiger charge is -2.37. The van der Waals surface area contributed by atoms with Crippen LogP contribution in [0, 0.1) is 17.8 Å². The van der Waals surface area contributed by atoms with Gasteiger partial charge in [0.2, 0.25) is 10.0 Å². The van der Waals surface area contributed by atoms with Crippen molar-refractivity contribution in [2.75, 3.05) is 26.7 Å². The van der Waals surface area contributed by atoms with E-state index >= 15 is 0 Å². The van der Waals surface area contributed by atoms with Crippen LogP contribution in [0.3, 0.4) is 0 Å². The largest absolute Gasteiger partial charge is 0.487 e. The summed E-state index contributed by atoms with van der Waals surface area (Å²) in [5, 5.41) is 19.3. The van der Waals surface area contributed by atoms with E-state index in [1.54, 1.807) is 32.2 Å². The summed E-state index contributed by atoms with van der Waals surface area (Å²) in [7, 11) is -1.92. The first-order valence-electron chi connectivity index (χ1n) is 11.3. The molecule has 0 spiro atoms. The Morgan fingerprint density at radius 1 is 1.32 bits per heavy atom. The van der Waals surface area contributed by atoms with Crippen molar-refractivity contribution < 1.29 is 23.4 Å². The van der Waals surface area contributed by atoms with Crippen molar-refractivity contribution >= 4 is 10.0 Å². The average molecular weight is 488 g/mol. The summed E-state index contributed by atoms with van der Waals surface area (Å²) >= 11 is 0. The second-order valence-electron chi connectivity index (χ2n) is 8.90. The van der Waals surface area contributed by atoms with E-state index < -0.39 is 22.2 Å². The van der Waals surface area contributed by atoms with Crippen LogP contribution < -0.4 is 4.74 Å². The third kappa shape index (κ3) is 6.34. The summed E-state index contributed by atoms with van der Waals surface area (Å²) in [6.45, 7) is 6.37. The molecule has 2 heterocycles. The Morgan fingerprint density at radius 2 is 2.09 bits per heavy atom. The van der Waals surface area contributed by atoms with E-state index in [-0.39, 0.29) is 35.8 Å². The fourth-order valence-electron chi connectivity index (χ4n) is 3.88. The molecule has 1 aliphatic rings. The molecule has 9 heteroatoms. The molecule has 0 fully saturated rings. The summed E-state index contributed by atoms with van der Waals surface area (Å²) in [6.07, 6.45) is 2.43. The van der Waals surface area contributed by atoms with Crippen molar-refractivity contribution in [2.45, 2.75) is 50.5 Å². The van der Waals surface area contributed by atoms with Crippen LogP contribution >= 0.6 is 0 Å². The molecule has 0 unspecified atom stereocenters. The Bertz CT molecular complexity index is 1130. The number of hydrogen-bond donors (Lipinski definition) is 2. The minimum absolute atomic E-state index is 0.0437. The smallest absolute Gasteiger partial charge is 0.247 e. The second-order valence-corrected chi connectivity index (χ2v) is 10.8. The SMILES string of the molecule is C[C@@H](O)C#Cc1ccc2c(c1)O[C@H](CN(C)Cc1cccnc1)[C@@H](C)CN([C@@H](C)CO)S2(=O)=O. The maximum atomic E-state index is 13.5. The average Bonchev–Trinajstić information content (AvgIpc) is 2.80. The van der Waals surface area contributed by atoms with E-state index in [1.807, 2.05) is 32.3 Å². The number of ether oxygens (including phenoxy) is 1. The van der Waals surface area contributed by atoms with Gasteiger partial charge in [0.05, 0.1) is 6.61 Å². The molecule has 1 aromatic carbocycles. The highest BCUT2D eigenvalue weighted by Crippen LogP contribution is 2.34. The van der Waals surface area contributed by atoms with Gasteiger partial charge >= 0.3 is 0 Å². The zero-order valence-electron chi connectivity index (χ0n) is 20.0. The first-order chi connectivity index (χ1) is 16.1. The van der Waals surface area contributed by atoms with Gasteiger partial charge in [-0.05, 0) is 50.7 Å². The van der Waals surface area contributed by atoms with Crippen molar-refractivity contribution in [1.82, 2.24) is 14.2 Å². The summed E-state index contributed by atoms with van der Waals surface area (Å²) < 4.78 is 34.7. The van der Waals surface area contributed by atoms with Gasteiger partial charge in [0, 0.05) is 49.6 Å². The highest BCUT2D eigenvalue weighted by molar-refractivity contribution is 7.89. The minimum Gasteiger partial charge on any atom is -0.487 e. The van der Waals surface area contributed by atoms with Crippen LogP contribution in [-0.4, -0.2) is 77.8 Å². The molecule has 3 rings (SSSR count). The molecule has 1 aliphatic heterocycles. The van der Waals surface area contributed by atoms with E-state index in [1.165, 1.54) is 10.4 Å². The Balaban J connectivity index is 1.99. The molecule has 0 amide bonds. The lowest BCUT2D eigenvalue weighted by molar-refractivity contribution is 0.0733. The van der Waals surface area contributed by atoms with Gasteiger partial charge in [-0.1, -0.05) is 24.8 Å². The maximum Gasteiger partial charge on any atom is 0.247 e. The molecule has 0 radical (unpaired) electrons. The van der Waals surface area contributed by atoms with Crippen molar-refractivity contribution in [1.29, 1.82) is 0 Å². The standard InChI is InChI=1S/C25H33N3O5S/c1-18-14-28(19(2)17-29)34(31,32)25-10-9-21(8-7-20(3)30)12-23(25)33-24(18)16-27(4)15-22-6-5-11-26-13-22/h5-6,9-13,18-20,24,29-30H,14-17H2,1-4H3/t18-,19-,20+,24+/m0/s1. The Labute approximate surface area is 202 Å². The van der Waals surface area contributed by atoms with Gasteiger partial charge in [-0.2, -0.15) is 4.31 Å². The molecule has 0 saturated carbocycles. The number of aliphatic hydroxyl groups is 2. The molecule has 4 atom stereocenters. The van der Waals surface area contributed by atoms with Gasteiger partial charge in [-0.3, -0.25) is 9.88 Å². The monoisotopic (exact) mass is 487 g/mol. The van der Waals surface area contributed by atoms with Gasteiger partial charge in [-0.15, -0.1) is 0 Å². The molecular formula is C25H33N3O5S. The van der Waals surface area contributed by atoms with Gasteiger partial charge in [0.25, 0.3) is 0 Å². The van der Waals surface area contributed by atoms with Crippen LogP contribution in [0.4, 0.5) is 0 Å². The molecule has 0 bridgehead atoms. The second kappa shape index (κ2) is 11.3. The molecule has 0 saturated heterocycles. The van der Waals surface area contributed by atoms with Gasteiger partial charge in [-0.25, -0.2) is 8.42 Å². The molecule has 0 aliphatic carbocycles. The van der Waals surface area contributed by atoms with E-state index in [2.05, 4.69) is 21.7 Å². The third-order valence-electron chi connectivity index (χ3n) is 5.76. The highest BCUT2D eigenvalue weighted by Gasteiger charge is 2.38. The number of pyridine rings is 1. The van der Waals surface area contributed by atoms with Crippen LogP contribution in [0.15, 0.2) is 47.6 Å². The van der Waals surface area contributed by atoms with E-state index in [9.17, 15) is 18.6 Å². The first kappa shape index (κ1) is 26.1. The van der Waals surface area contributed by atoms with Crippen LogP contribution in [0.5, 0.6) is 5.75 Å². The zero-order chi connectivity index (χ0) is 24.9. The molecule has 2 N–H and O–H groups in total. The topological polar surface area (TPSA) is 103 Å². The fraction of sp³-hybridized carbons (Fsp3) is 0.480. The number of aliphatic hydroxyl groups excluding tert-OH is 2. The number of aromatic nitrogens is 1. The number of sulfonamides is 1. The maximum absolute atomic E-state index is 13.5. The zero-order valence-corrected chi connectivity index (χ0v) is 20.9. The molecule has 34 heavy (non-hydrogen) atoms. The summed E-state index contributed by atoms with van der Waals surface area (Å²) in [5.74, 6) is 5.60. The summed E-state index contributed by atoms with van der Waals surface area (Å²) in [5.41, 5.74) is 1.62. The van der Waals surface area contributed by atoms with Gasteiger partial charge in [0.1, 0.15) is 22.9 Å². The van der Waals surface area contributed by atoms with Crippen molar-refractivity contribution in [3.63, 3.8) is 0 Å². The van der Waals surface area contributed by atoms with E-state index in [0.717, 1.165) is 5.56 Å². The Morgan fingerprint density at radius 3 is 2.74 bits per heavy atom. The quantitative estimate of drug-likeness (QED) is 0.598. The number of rotatable bonds is 6. The normalized spacial score (nSPS) is 21.9. The van der Waals surface area contributed by atoms with Gasteiger partial charge in [0.15, 0.2) is 0 Å². The Kier molecular flexibility index (Phi) is 8.68. The molecule has 1 aromatic heterocycles. The van der Waals surface area contributed by atoms with E-state index in [4.69, 9.17) is 4.74 Å². The Hall–Kier alpha value is -2.48. The summed E-state index contributed by atoms with van der Waals surface area (Å²) in [4.78, 5) is 6.32. The van der Waals surface area contributed by atoms with Crippen molar-refractivity contribution in [3.8, 4) is 17.6 Å².